The summed E-state index contributed by atoms with van der Waals surface area (Å²) < 4.78 is 22.3. The maximum Gasteiger partial charge on any atom is 0.262 e. The first-order valence-electron chi connectivity index (χ1n) is 9.89. The van der Waals surface area contributed by atoms with Crippen LogP contribution in [0.3, 0.4) is 0 Å². The molecule has 0 aliphatic heterocycles. The van der Waals surface area contributed by atoms with E-state index in [1.165, 1.54) is 23.9 Å². The zero-order chi connectivity index (χ0) is 21.8. The van der Waals surface area contributed by atoms with Crippen LogP contribution >= 0.6 is 11.8 Å². The summed E-state index contributed by atoms with van der Waals surface area (Å²) in [4.78, 5) is 13.1. The van der Waals surface area contributed by atoms with Gasteiger partial charge in [-0.25, -0.2) is 4.39 Å². The summed E-state index contributed by atoms with van der Waals surface area (Å²) in [6.45, 7) is 3.58. The summed E-state index contributed by atoms with van der Waals surface area (Å²) >= 11 is 1.38. The van der Waals surface area contributed by atoms with Crippen molar-refractivity contribution in [2.75, 3.05) is 13.2 Å². The van der Waals surface area contributed by atoms with E-state index < -0.39 is 5.82 Å². The monoisotopic (exact) mass is 437 g/mol. The van der Waals surface area contributed by atoms with Gasteiger partial charge in [0.1, 0.15) is 5.82 Å². The number of hydrogen-bond acceptors (Lipinski definition) is 6. The van der Waals surface area contributed by atoms with E-state index in [4.69, 9.17) is 4.74 Å². The predicted octanol–water partition coefficient (Wildman–Crippen LogP) is 3.77. The maximum atomic E-state index is 13.4. The molecule has 0 N–H and O–H groups in total. The minimum absolute atomic E-state index is 0.117. The Kier molecular flexibility index (Phi) is 6.30. The zero-order valence-electron chi connectivity index (χ0n) is 16.9. The molecule has 0 fully saturated rings. The highest BCUT2D eigenvalue weighted by Crippen LogP contribution is 2.26. The van der Waals surface area contributed by atoms with Crippen LogP contribution in [-0.4, -0.2) is 32.4 Å². The lowest BCUT2D eigenvalue weighted by Gasteiger charge is -2.11. The van der Waals surface area contributed by atoms with Gasteiger partial charge in [0.2, 0.25) is 5.78 Å². The largest absolute Gasteiger partial charge is 0.382 e. The van der Waals surface area contributed by atoms with Crippen LogP contribution in [0.2, 0.25) is 0 Å². The highest BCUT2D eigenvalue weighted by atomic mass is 32.2. The van der Waals surface area contributed by atoms with Gasteiger partial charge in [-0.05, 0) is 43.2 Å². The van der Waals surface area contributed by atoms with Gasteiger partial charge in [-0.3, -0.25) is 13.8 Å². The molecule has 0 saturated carbocycles. The Balaban J connectivity index is 1.75. The van der Waals surface area contributed by atoms with E-state index in [1.54, 1.807) is 16.7 Å². The summed E-state index contributed by atoms with van der Waals surface area (Å²) in [5.41, 5.74) is 1.60. The number of ether oxygens (including phenoxy) is 1. The Morgan fingerprint density at radius 3 is 2.87 bits per heavy atom. The molecule has 0 saturated heterocycles. The van der Waals surface area contributed by atoms with Gasteiger partial charge in [0, 0.05) is 25.5 Å². The fraction of sp³-hybridized carbons (Fsp3) is 0.273. The van der Waals surface area contributed by atoms with Gasteiger partial charge in [-0.15, -0.1) is 10.2 Å². The molecule has 0 aliphatic carbocycles. The van der Waals surface area contributed by atoms with Crippen LogP contribution in [-0.2, 0) is 17.0 Å². The van der Waals surface area contributed by atoms with Gasteiger partial charge < -0.3 is 4.74 Å². The first kappa shape index (κ1) is 21.0. The average molecular weight is 438 g/mol. The predicted molar refractivity (Wildman–Crippen MR) is 117 cm³/mol. The van der Waals surface area contributed by atoms with Gasteiger partial charge in [0.15, 0.2) is 5.16 Å². The second kappa shape index (κ2) is 9.29. The number of benzene rings is 2. The Morgan fingerprint density at radius 2 is 2.06 bits per heavy atom. The van der Waals surface area contributed by atoms with Gasteiger partial charge in [-0.2, -0.15) is 5.26 Å². The Hall–Kier alpha value is -3.22. The topological polar surface area (TPSA) is 85.2 Å². The summed E-state index contributed by atoms with van der Waals surface area (Å²) in [6.07, 6.45) is 0.679. The van der Waals surface area contributed by atoms with Gasteiger partial charge in [0.05, 0.1) is 22.5 Å². The molecule has 2 aromatic carbocycles. The molecule has 0 radical (unpaired) electrons. The SMILES string of the molecule is CCOCCCn1c(=O)c2ccccc2n2c(SCc3ccc(F)cc3C#N)nnc12. The van der Waals surface area contributed by atoms with Crippen LogP contribution < -0.4 is 5.56 Å². The third kappa shape index (κ3) is 4.17. The Bertz CT molecular complexity index is 1340. The fourth-order valence-electron chi connectivity index (χ4n) is 3.42. The molecule has 0 unspecified atom stereocenters. The van der Waals surface area contributed by atoms with Gasteiger partial charge in [-0.1, -0.05) is 30.0 Å². The van der Waals surface area contributed by atoms with Crippen LogP contribution in [0.5, 0.6) is 0 Å². The first-order valence-corrected chi connectivity index (χ1v) is 10.9. The van der Waals surface area contributed by atoms with E-state index in [0.29, 0.717) is 59.4 Å². The minimum atomic E-state index is -0.444. The summed E-state index contributed by atoms with van der Waals surface area (Å²) in [5.74, 6) is 0.435. The summed E-state index contributed by atoms with van der Waals surface area (Å²) in [5, 5.41) is 19.1. The highest BCUT2D eigenvalue weighted by Gasteiger charge is 2.17. The van der Waals surface area contributed by atoms with Crippen molar-refractivity contribution in [1.29, 1.82) is 5.26 Å². The quantitative estimate of drug-likeness (QED) is 0.308. The second-order valence-electron chi connectivity index (χ2n) is 6.84. The summed E-state index contributed by atoms with van der Waals surface area (Å²) in [6, 6.07) is 13.5. The van der Waals surface area contributed by atoms with Crippen LogP contribution in [0.15, 0.2) is 52.4 Å². The fourth-order valence-corrected chi connectivity index (χ4v) is 4.36. The van der Waals surface area contributed by atoms with Crippen molar-refractivity contribution in [3.05, 3.63) is 69.8 Å². The highest BCUT2D eigenvalue weighted by molar-refractivity contribution is 7.98. The van der Waals surface area contributed by atoms with E-state index in [1.807, 2.05) is 35.6 Å². The minimum Gasteiger partial charge on any atom is -0.382 e. The Morgan fingerprint density at radius 1 is 1.23 bits per heavy atom. The van der Waals surface area contributed by atoms with E-state index in [2.05, 4.69) is 10.2 Å². The van der Waals surface area contributed by atoms with Gasteiger partial charge in [0.25, 0.3) is 5.56 Å². The van der Waals surface area contributed by atoms with Crippen LogP contribution in [0.1, 0.15) is 24.5 Å². The molecule has 4 rings (SSSR count). The van der Waals surface area contributed by atoms with Crippen molar-refractivity contribution in [2.45, 2.75) is 30.8 Å². The molecule has 2 heterocycles. The number of rotatable bonds is 8. The molecule has 2 aromatic heterocycles. The standard InChI is InChI=1S/C22H20FN5O2S/c1-2-30-11-5-10-27-20(29)18-6-3-4-7-19(18)28-21(27)25-26-22(28)31-14-15-8-9-17(23)12-16(15)13-24/h3-4,6-9,12H,2,5,10-11,14H2,1H3. The lowest BCUT2D eigenvalue weighted by atomic mass is 10.1. The maximum absolute atomic E-state index is 13.4. The molecular formula is C22H20FN5O2S. The van der Waals surface area contributed by atoms with Crippen molar-refractivity contribution in [1.82, 2.24) is 19.2 Å². The number of thioether (sulfide) groups is 1. The molecule has 7 nitrogen and oxygen atoms in total. The van der Waals surface area contributed by atoms with Crippen LogP contribution in [0.25, 0.3) is 16.7 Å². The number of hydrogen-bond donors (Lipinski definition) is 0. The molecular weight excluding hydrogens is 417 g/mol. The zero-order valence-corrected chi connectivity index (χ0v) is 17.7. The van der Waals surface area contributed by atoms with Gasteiger partial charge >= 0.3 is 0 Å². The number of aromatic nitrogens is 4. The second-order valence-corrected chi connectivity index (χ2v) is 7.79. The van der Waals surface area contributed by atoms with E-state index >= 15 is 0 Å². The van der Waals surface area contributed by atoms with Crippen molar-refractivity contribution in [3.8, 4) is 6.07 Å². The smallest absolute Gasteiger partial charge is 0.262 e. The van der Waals surface area contributed by atoms with Crippen LogP contribution in [0, 0.1) is 17.1 Å². The number of nitrogens with zero attached hydrogens (tertiary/aromatic N) is 5. The molecule has 9 heteroatoms. The number of para-hydroxylation sites is 1. The van der Waals surface area contributed by atoms with Crippen molar-refractivity contribution in [2.24, 2.45) is 0 Å². The van der Waals surface area contributed by atoms with Crippen molar-refractivity contribution >= 4 is 28.4 Å². The molecule has 0 atom stereocenters. The average Bonchev–Trinajstić information content (AvgIpc) is 3.21. The van der Waals surface area contributed by atoms with E-state index in [-0.39, 0.29) is 5.56 Å². The first-order chi connectivity index (χ1) is 15.1. The molecule has 4 aromatic rings. The lowest BCUT2D eigenvalue weighted by Crippen LogP contribution is -2.24. The Labute approximate surface area is 182 Å². The normalized spacial score (nSPS) is 11.3. The molecule has 0 bridgehead atoms. The molecule has 0 aliphatic rings. The van der Waals surface area contributed by atoms with Crippen LogP contribution in [0.4, 0.5) is 4.39 Å². The molecule has 158 valence electrons. The number of nitriles is 1. The third-order valence-corrected chi connectivity index (χ3v) is 5.88. The van der Waals surface area contributed by atoms with Crippen molar-refractivity contribution < 1.29 is 9.13 Å². The lowest BCUT2D eigenvalue weighted by molar-refractivity contribution is 0.141. The summed E-state index contributed by atoms with van der Waals surface area (Å²) in [7, 11) is 0. The van der Waals surface area contributed by atoms with Crippen molar-refractivity contribution in [3.63, 3.8) is 0 Å². The van der Waals surface area contributed by atoms with E-state index in [9.17, 15) is 14.4 Å². The molecule has 0 spiro atoms. The van der Waals surface area contributed by atoms with E-state index in [0.717, 1.165) is 5.52 Å². The number of aryl methyl sites for hydroxylation is 1. The molecule has 31 heavy (non-hydrogen) atoms. The number of fused-ring (bicyclic) bond motifs is 3. The third-order valence-electron chi connectivity index (χ3n) is 4.90. The number of halogens is 1. The molecule has 0 amide bonds.